The van der Waals surface area contributed by atoms with Crippen LogP contribution in [0.5, 0.6) is 0 Å². The van der Waals surface area contributed by atoms with E-state index in [2.05, 4.69) is 48.3 Å². The van der Waals surface area contributed by atoms with Gasteiger partial charge in [0.25, 0.3) is 0 Å². The van der Waals surface area contributed by atoms with Gasteiger partial charge in [0.15, 0.2) is 0 Å². The van der Waals surface area contributed by atoms with Crippen molar-refractivity contribution in [2.75, 3.05) is 56.2 Å². The predicted molar refractivity (Wildman–Crippen MR) is 131 cm³/mol. The molecule has 8 heteroatoms. The van der Waals surface area contributed by atoms with Gasteiger partial charge in [-0.2, -0.15) is 0 Å². The minimum atomic E-state index is -0.218. The maximum absolute atomic E-state index is 12.4. The van der Waals surface area contributed by atoms with Crippen molar-refractivity contribution in [2.45, 2.75) is 25.9 Å². The lowest BCUT2D eigenvalue weighted by molar-refractivity contribution is 0.0365. The molecule has 0 spiro atoms. The van der Waals surface area contributed by atoms with Crippen molar-refractivity contribution in [2.24, 2.45) is 0 Å². The van der Waals surface area contributed by atoms with E-state index in [0.29, 0.717) is 6.54 Å². The van der Waals surface area contributed by atoms with Crippen LogP contribution in [0.4, 0.5) is 16.3 Å². The third kappa shape index (κ3) is 5.46. The molecular formula is C25H32N6O2. The molecule has 174 valence electrons. The number of aromatic nitrogens is 2. The monoisotopic (exact) mass is 448 g/mol. The van der Waals surface area contributed by atoms with Crippen molar-refractivity contribution in [3.05, 3.63) is 54.4 Å². The van der Waals surface area contributed by atoms with E-state index >= 15 is 0 Å². The van der Waals surface area contributed by atoms with Crippen LogP contribution in [0.25, 0.3) is 10.9 Å². The van der Waals surface area contributed by atoms with Gasteiger partial charge >= 0.3 is 6.03 Å². The second-order valence-electron chi connectivity index (χ2n) is 8.76. The number of rotatable bonds is 7. The number of hydrogen-bond acceptors (Lipinski definition) is 5. The summed E-state index contributed by atoms with van der Waals surface area (Å²) in [6.45, 7) is 8.21. The Kier molecular flexibility index (Phi) is 6.73. The number of carbonyl (C=O) groups excluding carboxylic acids is 1. The van der Waals surface area contributed by atoms with Crippen molar-refractivity contribution in [3.63, 3.8) is 0 Å². The fourth-order valence-electron chi connectivity index (χ4n) is 4.56. The molecule has 8 nitrogen and oxygen atoms in total. The first kappa shape index (κ1) is 21.7. The summed E-state index contributed by atoms with van der Waals surface area (Å²) in [7, 11) is 0. The largest absolute Gasteiger partial charge is 0.379 e. The minimum absolute atomic E-state index is 0.218. The van der Waals surface area contributed by atoms with E-state index in [1.807, 2.05) is 30.5 Å². The molecule has 2 amide bonds. The molecule has 5 rings (SSSR count). The van der Waals surface area contributed by atoms with Crippen LogP contribution in [0.1, 0.15) is 18.4 Å². The van der Waals surface area contributed by atoms with Crippen molar-refractivity contribution in [3.8, 4) is 0 Å². The third-order valence-electron chi connectivity index (χ3n) is 6.48. The van der Waals surface area contributed by atoms with E-state index in [9.17, 15) is 4.79 Å². The van der Waals surface area contributed by atoms with Gasteiger partial charge in [-0.3, -0.25) is 4.90 Å². The van der Waals surface area contributed by atoms with Crippen LogP contribution in [-0.2, 0) is 17.8 Å². The zero-order valence-corrected chi connectivity index (χ0v) is 19.0. The smallest absolute Gasteiger partial charge is 0.319 e. The van der Waals surface area contributed by atoms with Crippen LogP contribution in [0.3, 0.4) is 0 Å². The Morgan fingerprint density at radius 1 is 1.00 bits per heavy atom. The highest BCUT2D eigenvalue weighted by molar-refractivity contribution is 5.92. The molecule has 0 bridgehead atoms. The molecule has 0 radical (unpaired) electrons. The molecule has 2 aromatic heterocycles. The highest BCUT2D eigenvalue weighted by Crippen LogP contribution is 2.21. The van der Waals surface area contributed by atoms with Crippen LogP contribution in [0.2, 0.25) is 0 Å². The van der Waals surface area contributed by atoms with Gasteiger partial charge in [-0.15, -0.1) is 0 Å². The zero-order valence-electron chi connectivity index (χ0n) is 19.0. The van der Waals surface area contributed by atoms with Crippen molar-refractivity contribution in [1.29, 1.82) is 0 Å². The molecule has 0 atom stereocenters. The number of nitrogens with zero attached hydrogens (tertiary/aromatic N) is 4. The summed E-state index contributed by atoms with van der Waals surface area (Å²) in [5.41, 5.74) is 2.95. The van der Waals surface area contributed by atoms with Crippen molar-refractivity contribution in [1.82, 2.24) is 19.8 Å². The molecule has 0 aliphatic carbocycles. The summed E-state index contributed by atoms with van der Waals surface area (Å²) >= 11 is 0. The molecule has 3 aromatic rings. The fraction of sp³-hybridized carbons (Fsp3) is 0.440. The summed E-state index contributed by atoms with van der Waals surface area (Å²) < 4.78 is 7.70. The quantitative estimate of drug-likeness (QED) is 0.580. The Morgan fingerprint density at radius 2 is 1.85 bits per heavy atom. The van der Waals surface area contributed by atoms with Gasteiger partial charge < -0.3 is 24.8 Å². The molecule has 0 unspecified atom stereocenters. The fourth-order valence-corrected chi connectivity index (χ4v) is 4.56. The van der Waals surface area contributed by atoms with Crippen LogP contribution in [0.15, 0.2) is 48.8 Å². The molecule has 2 fully saturated rings. The number of fused-ring (bicyclic) bond motifs is 1. The molecule has 4 heterocycles. The lowest BCUT2D eigenvalue weighted by atomic mass is 10.2. The zero-order chi connectivity index (χ0) is 22.5. The molecule has 1 aromatic carbocycles. The highest BCUT2D eigenvalue weighted by Gasteiger charge is 2.13. The van der Waals surface area contributed by atoms with E-state index < -0.39 is 0 Å². The van der Waals surface area contributed by atoms with Crippen LogP contribution < -0.4 is 15.5 Å². The van der Waals surface area contributed by atoms with E-state index in [1.165, 1.54) is 18.4 Å². The number of pyridine rings is 1. The molecule has 2 saturated heterocycles. The topological polar surface area (TPSA) is 74.7 Å². The highest BCUT2D eigenvalue weighted by atomic mass is 16.5. The number of morpholine rings is 1. The van der Waals surface area contributed by atoms with Gasteiger partial charge in [0.2, 0.25) is 0 Å². The molecule has 2 aliphatic rings. The first-order valence-electron chi connectivity index (χ1n) is 11.9. The summed E-state index contributed by atoms with van der Waals surface area (Å²) in [5, 5.41) is 6.99. The van der Waals surface area contributed by atoms with Gasteiger partial charge in [-0.1, -0.05) is 6.07 Å². The number of benzene rings is 1. The number of carbonyl (C=O) groups is 1. The Morgan fingerprint density at radius 3 is 2.64 bits per heavy atom. The number of ether oxygens (including phenoxy) is 1. The number of nitrogens with one attached hydrogen (secondary N) is 2. The second-order valence-corrected chi connectivity index (χ2v) is 8.76. The summed E-state index contributed by atoms with van der Waals surface area (Å²) in [5.74, 6) is 1.02. The average molecular weight is 449 g/mol. The van der Waals surface area contributed by atoms with Crippen molar-refractivity contribution < 1.29 is 9.53 Å². The first-order valence-corrected chi connectivity index (χ1v) is 11.9. The van der Waals surface area contributed by atoms with Gasteiger partial charge in [0.1, 0.15) is 5.82 Å². The van der Waals surface area contributed by atoms with E-state index in [0.717, 1.165) is 74.9 Å². The average Bonchev–Trinajstić information content (AvgIpc) is 3.53. The molecular weight excluding hydrogens is 416 g/mol. The number of urea groups is 1. The maximum Gasteiger partial charge on any atom is 0.319 e. The molecule has 0 saturated carbocycles. The Bertz CT molecular complexity index is 1070. The molecule has 2 N–H and O–H groups in total. The number of anilines is 2. The summed E-state index contributed by atoms with van der Waals surface area (Å²) in [6.07, 6.45) is 6.43. The summed E-state index contributed by atoms with van der Waals surface area (Å²) in [4.78, 5) is 21.7. The minimum Gasteiger partial charge on any atom is -0.379 e. The van der Waals surface area contributed by atoms with Gasteiger partial charge in [0, 0.05) is 74.8 Å². The maximum atomic E-state index is 12.4. The van der Waals surface area contributed by atoms with E-state index in [1.54, 1.807) is 0 Å². The van der Waals surface area contributed by atoms with Crippen LogP contribution in [-0.4, -0.2) is 66.4 Å². The lowest BCUT2D eigenvalue weighted by Crippen LogP contribution is -2.38. The van der Waals surface area contributed by atoms with Crippen LogP contribution in [0, 0.1) is 0 Å². The first-order chi connectivity index (χ1) is 16.2. The Labute approximate surface area is 194 Å². The van der Waals surface area contributed by atoms with Gasteiger partial charge in [0.05, 0.1) is 13.2 Å². The van der Waals surface area contributed by atoms with Crippen LogP contribution >= 0.6 is 0 Å². The number of hydrogen-bond donors (Lipinski definition) is 2. The Hall–Kier alpha value is -3.10. The SMILES string of the molecule is O=C(NCc1ccc(N2CCCC2)nc1)Nc1ccc2c(ccn2CCN2CCOCC2)c1. The normalized spacial score (nSPS) is 16.9. The third-order valence-corrected chi connectivity index (χ3v) is 6.48. The Balaban J connectivity index is 1.12. The standard InChI is InChI=1S/C25H32N6O2/c32-25(27-19-20-3-6-24(26-18-20)31-8-1-2-9-31)28-22-4-5-23-21(17-22)7-10-30(23)12-11-29-13-15-33-16-14-29/h3-7,10,17-18H,1-2,8-9,11-16,19H2,(H2,27,28,32). The van der Waals surface area contributed by atoms with E-state index in [-0.39, 0.29) is 6.03 Å². The van der Waals surface area contributed by atoms with Gasteiger partial charge in [-0.05, 0) is 48.7 Å². The lowest BCUT2D eigenvalue weighted by Gasteiger charge is -2.26. The number of amides is 2. The van der Waals surface area contributed by atoms with E-state index in [4.69, 9.17) is 4.74 Å². The van der Waals surface area contributed by atoms with Gasteiger partial charge in [-0.25, -0.2) is 9.78 Å². The summed E-state index contributed by atoms with van der Waals surface area (Å²) in [6, 6.07) is 12.0. The molecule has 2 aliphatic heterocycles. The second kappa shape index (κ2) is 10.2. The predicted octanol–water partition coefficient (Wildman–Crippen LogP) is 3.29. The molecule has 33 heavy (non-hydrogen) atoms. The van der Waals surface area contributed by atoms with Crippen molar-refractivity contribution >= 4 is 28.4 Å².